The van der Waals surface area contributed by atoms with Gasteiger partial charge in [-0.05, 0) is 43.5 Å². The van der Waals surface area contributed by atoms with E-state index >= 15 is 0 Å². The van der Waals surface area contributed by atoms with Gasteiger partial charge in [-0.15, -0.1) is 0 Å². The number of hydrogen-bond acceptors (Lipinski definition) is 3. The number of rotatable bonds is 4. The molecule has 2 amide bonds. The van der Waals surface area contributed by atoms with Gasteiger partial charge in [-0.3, -0.25) is 9.59 Å². The zero-order chi connectivity index (χ0) is 14.5. The number of likely N-dealkylation sites (N-methyl/N-ethyl adjacent to an activating group) is 2. The molecule has 1 heterocycles. The van der Waals surface area contributed by atoms with E-state index in [1.54, 1.807) is 7.05 Å². The number of carbonyl (C=O) groups excluding carboxylic acids is 2. The van der Waals surface area contributed by atoms with Crippen molar-refractivity contribution in [3.8, 4) is 0 Å². The summed E-state index contributed by atoms with van der Waals surface area (Å²) >= 11 is 0. The van der Waals surface area contributed by atoms with Crippen molar-refractivity contribution < 1.29 is 9.59 Å². The van der Waals surface area contributed by atoms with Crippen LogP contribution in [0, 0.1) is 0 Å². The van der Waals surface area contributed by atoms with E-state index < -0.39 is 0 Å². The lowest BCUT2D eigenvalue weighted by molar-refractivity contribution is -0.121. The quantitative estimate of drug-likeness (QED) is 0.869. The maximum Gasteiger partial charge on any atom is 0.254 e. The second-order valence-electron chi connectivity index (χ2n) is 5.02. The van der Waals surface area contributed by atoms with Crippen LogP contribution in [0.1, 0.15) is 29.3 Å². The normalized spacial score (nSPS) is 13.1. The van der Waals surface area contributed by atoms with Gasteiger partial charge in [0.1, 0.15) is 0 Å². The molecule has 0 spiro atoms. The average Bonchev–Trinajstić information content (AvgIpc) is 2.46. The van der Waals surface area contributed by atoms with Crippen LogP contribution >= 0.6 is 0 Å². The highest BCUT2D eigenvalue weighted by Gasteiger charge is 2.17. The van der Waals surface area contributed by atoms with Crippen LogP contribution in [0.4, 0.5) is 5.69 Å². The molecule has 2 N–H and O–H groups in total. The Morgan fingerprint density at radius 3 is 2.95 bits per heavy atom. The maximum absolute atomic E-state index is 12.3. The lowest BCUT2D eigenvalue weighted by atomic mass is 10.0. The first kappa shape index (κ1) is 14.4. The van der Waals surface area contributed by atoms with Gasteiger partial charge < -0.3 is 15.5 Å². The van der Waals surface area contributed by atoms with Gasteiger partial charge in [0, 0.05) is 31.4 Å². The van der Waals surface area contributed by atoms with Gasteiger partial charge in [-0.25, -0.2) is 0 Å². The Labute approximate surface area is 119 Å². The molecule has 0 saturated carbocycles. The SMILES string of the molecule is CCNC(=O)CN(C)C(=O)c1ccc2c(c1)CCCN2. The van der Waals surface area contributed by atoms with E-state index in [0.717, 1.165) is 25.1 Å². The molecular weight excluding hydrogens is 254 g/mol. The minimum atomic E-state index is -0.136. The highest BCUT2D eigenvalue weighted by atomic mass is 16.2. The van der Waals surface area contributed by atoms with Crippen molar-refractivity contribution in [1.29, 1.82) is 0 Å². The summed E-state index contributed by atoms with van der Waals surface area (Å²) in [6.07, 6.45) is 2.07. The molecular formula is C15H21N3O2. The smallest absolute Gasteiger partial charge is 0.254 e. The van der Waals surface area contributed by atoms with Gasteiger partial charge in [0.05, 0.1) is 6.54 Å². The molecule has 0 aromatic heterocycles. The molecule has 1 aliphatic rings. The van der Waals surface area contributed by atoms with Crippen LogP contribution in [-0.2, 0) is 11.2 Å². The monoisotopic (exact) mass is 275 g/mol. The number of aryl methyl sites for hydroxylation is 1. The highest BCUT2D eigenvalue weighted by Crippen LogP contribution is 2.23. The van der Waals surface area contributed by atoms with Gasteiger partial charge in [-0.2, -0.15) is 0 Å². The number of nitrogens with one attached hydrogen (secondary N) is 2. The number of benzene rings is 1. The van der Waals surface area contributed by atoms with Crippen molar-refractivity contribution in [1.82, 2.24) is 10.2 Å². The van der Waals surface area contributed by atoms with E-state index in [1.807, 2.05) is 25.1 Å². The van der Waals surface area contributed by atoms with Gasteiger partial charge >= 0.3 is 0 Å². The predicted octanol–water partition coefficient (Wildman–Crippen LogP) is 1.25. The standard InChI is InChI=1S/C15H21N3O2/c1-3-16-14(19)10-18(2)15(20)12-6-7-13-11(9-12)5-4-8-17-13/h6-7,9,17H,3-5,8,10H2,1-2H3,(H,16,19). The number of anilines is 1. The molecule has 5 heteroatoms. The number of amides is 2. The third kappa shape index (κ3) is 3.29. The van der Waals surface area contributed by atoms with Crippen LogP contribution in [0.25, 0.3) is 0 Å². The lowest BCUT2D eigenvalue weighted by Crippen LogP contribution is -2.38. The van der Waals surface area contributed by atoms with Crippen LogP contribution in [-0.4, -0.2) is 43.4 Å². The van der Waals surface area contributed by atoms with Crippen molar-refractivity contribution in [2.24, 2.45) is 0 Å². The third-order valence-electron chi connectivity index (χ3n) is 3.39. The summed E-state index contributed by atoms with van der Waals surface area (Å²) < 4.78 is 0. The molecule has 2 rings (SSSR count). The molecule has 0 radical (unpaired) electrons. The number of nitrogens with zero attached hydrogens (tertiary/aromatic N) is 1. The number of hydrogen-bond donors (Lipinski definition) is 2. The van der Waals surface area contributed by atoms with Crippen molar-refractivity contribution in [3.05, 3.63) is 29.3 Å². The molecule has 0 saturated heterocycles. The van der Waals surface area contributed by atoms with Crippen LogP contribution in [0.3, 0.4) is 0 Å². The zero-order valence-electron chi connectivity index (χ0n) is 12.0. The molecule has 0 unspecified atom stereocenters. The fourth-order valence-corrected chi connectivity index (χ4v) is 2.37. The Balaban J connectivity index is 2.06. The summed E-state index contributed by atoms with van der Waals surface area (Å²) in [5.41, 5.74) is 2.92. The fraction of sp³-hybridized carbons (Fsp3) is 0.467. The first-order valence-electron chi connectivity index (χ1n) is 7.00. The van der Waals surface area contributed by atoms with E-state index in [0.29, 0.717) is 12.1 Å². The molecule has 0 bridgehead atoms. The van der Waals surface area contributed by atoms with E-state index in [4.69, 9.17) is 0 Å². The Kier molecular flexibility index (Phi) is 4.61. The van der Waals surface area contributed by atoms with Gasteiger partial charge in [0.2, 0.25) is 5.91 Å². The molecule has 20 heavy (non-hydrogen) atoms. The molecule has 1 aromatic carbocycles. The molecule has 1 aliphatic heterocycles. The van der Waals surface area contributed by atoms with E-state index in [1.165, 1.54) is 10.5 Å². The molecule has 5 nitrogen and oxygen atoms in total. The highest BCUT2D eigenvalue weighted by molar-refractivity contribution is 5.97. The second-order valence-corrected chi connectivity index (χ2v) is 5.02. The average molecular weight is 275 g/mol. The minimum absolute atomic E-state index is 0.0853. The van der Waals surface area contributed by atoms with Crippen LogP contribution in [0.2, 0.25) is 0 Å². The largest absolute Gasteiger partial charge is 0.385 e. The molecule has 0 aliphatic carbocycles. The number of fused-ring (bicyclic) bond motifs is 1. The maximum atomic E-state index is 12.3. The summed E-state index contributed by atoms with van der Waals surface area (Å²) in [4.78, 5) is 25.3. The van der Waals surface area contributed by atoms with Gasteiger partial charge in [0.25, 0.3) is 5.91 Å². The van der Waals surface area contributed by atoms with Crippen LogP contribution in [0.15, 0.2) is 18.2 Å². The predicted molar refractivity (Wildman–Crippen MR) is 78.9 cm³/mol. The van der Waals surface area contributed by atoms with Crippen molar-refractivity contribution in [2.75, 3.05) is 32.0 Å². The second kappa shape index (κ2) is 6.41. The van der Waals surface area contributed by atoms with Crippen LogP contribution < -0.4 is 10.6 Å². The molecule has 0 fully saturated rings. The summed E-state index contributed by atoms with van der Waals surface area (Å²) in [6, 6.07) is 5.69. The van der Waals surface area contributed by atoms with E-state index in [-0.39, 0.29) is 18.4 Å². The Morgan fingerprint density at radius 2 is 2.20 bits per heavy atom. The number of carbonyl (C=O) groups is 2. The molecule has 1 aromatic rings. The topological polar surface area (TPSA) is 61.4 Å². The van der Waals surface area contributed by atoms with E-state index in [9.17, 15) is 9.59 Å². The molecule has 108 valence electrons. The summed E-state index contributed by atoms with van der Waals surface area (Å²) in [6.45, 7) is 3.50. The summed E-state index contributed by atoms with van der Waals surface area (Å²) in [5.74, 6) is -0.257. The first-order chi connectivity index (χ1) is 9.61. The first-order valence-corrected chi connectivity index (χ1v) is 7.00. The Bertz CT molecular complexity index is 514. The van der Waals surface area contributed by atoms with Crippen molar-refractivity contribution in [3.63, 3.8) is 0 Å². The fourth-order valence-electron chi connectivity index (χ4n) is 2.37. The Morgan fingerprint density at radius 1 is 1.40 bits per heavy atom. The Hall–Kier alpha value is -2.04. The van der Waals surface area contributed by atoms with Gasteiger partial charge in [0.15, 0.2) is 0 Å². The van der Waals surface area contributed by atoms with Crippen molar-refractivity contribution >= 4 is 17.5 Å². The lowest BCUT2D eigenvalue weighted by Gasteiger charge is -2.20. The molecule has 0 atom stereocenters. The zero-order valence-corrected chi connectivity index (χ0v) is 12.0. The van der Waals surface area contributed by atoms with Crippen molar-refractivity contribution in [2.45, 2.75) is 19.8 Å². The van der Waals surface area contributed by atoms with Gasteiger partial charge in [-0.1, -0.05) is 0 Å². The summed E-state index contributed by atoms with van der Waals surface area (Å²) in [5, 5.41) is 6.01. The third-order valence-corrected chi connectivity index (χ3v) is 3.39. The summed E-state index contributed by atoms with van der Waals surface area (Å²) in [7, 11) is 1.65. The minimum Gasteiger partial charge on any atom is -0.385 e. The van der Waals surface area contributed by atoms with E-state index in [2.05, 4.69) is 10.6 Å². The van der Waals surface area contributed by atoms with Crippen LogP contribution in [0.5, 0.6) is 0 Å².